The predicted octanol–water partition coefficient (Wildman–Crippen LogP) is 5.83. The van der Waals surface area contributed by atoms with Gasteiger partial charge >= 0.3 is 6.18 Å². The molecule has 0 aliphatic rings. The topological polar surface area (TPSA) is 37.6 Å². The van der Waals surface area contributed by atoms with Crippen LogP contribution in [0.25, 0.3) is 5.65 Å². The van der Waals surface area contributed by atoms with Crippen LogP contribution in [0.5, 0.6) is 0 Å². The maximum atomic E-state index is 13.4. The Labute approximate surface area is 180 Å². The molecule has 3 rings (SSSR count). The quantitative estimate of drug-likeness (QED) is 0.450. The fourth-order valence-corrected chi connectivity index (χ4v) is 3.89. The molecule has 0 aliphatic carbocycles. The molecule has 1 atom stereocenters. The Morgan fingerprint density at radius 1 is 1.13 bits per heavy atom. The highest BCUT2D eigenvalue weighted by molar-refractivity contribution is 5.77. The van der Waals surface area contributed by atoms with Crippen LogP contribution in [-0.2, 0) is 11.0 Å². The number of rotatable bonds is 8. The SMILES string of the molecule is CCCN(CCC)C(=O)CC(c1cccc(C(F)(F)F)c1)c1cnc2cc(C)ccn12. The fraction of sp³-hybridized carbons (Fsp3) is 0.417. The molecule has 0 spiro atoms. The Morgan fingerprint density at radius 2 is 1.84 bits per heavy atom. The van der Waals surface area contributed by atoms with Gasteiger partial charge in [-0.1, -0.05) is 32.0 Å². The van der Waals surface area contributed by atoms with E-state index in [9.17, 15) is 18.0 Å². The number of fused-ring (bicyclic) bond motifs is 1. The maximum Gasteiger partial charge on any atom is 0.416 e. The molecule has 2 aromatic heterocycles. The summed E-state index contributed by atoms with van der Waals surface area (Å²) < 4.78 is 42.0. The molecule has 3 aromatic rings. The summed E-state index contributed by atoms with van der Waals surface area (Å²) in [7, 11) is 0. The zero-order valence-electron chi connectivity index (χ0n) is 18.1. The lowest BCUT2D eigenvalue weighted by Gasteiger charge is -2.25. The first-order valence-electron chi connectivity index (χ1n) is 10.6. The fourth-order valence-electron chi connectivity index (χ4n) is 3.89. The number of halogens is 3. The third-order valence-electron chi connectivity index (χ3n) is 5.39. The van der Waals surface area contributed by atoms with E-state index in [1.807, 2.05) is 43.5 Å². The van der Waals surface area contributed by atoms with E-state index in [0.717, 1.165) is 30.5 Å². The van der Waals surface area contributed by atoms with Crippen LogP contribution in [0.4, 0.5) is 13.2 Å². The summed E-state index contributed by atoms with van der Waals surface area (Å²) in [5.74, 6) is -0.600. The van der Waals surface area contributed by atoms with Gasteiger partial charge in [0.2, 0.25) is 5.91 Å². The third kappa shape index (κ3) is 5.27. The van der Waals surface area contributed by atoms with Crippen LogP contribution in [0.3, 0.4) is 0 Å². The van der Waals surface area contributed by atoms with E-state index in [1.165, 1.54) is 6.07 Å². The number of nitrogens with zero attached hydrogens (tertiary/aromatic N) is 3. The van der Waals surface area contributed by atoms with Crippen molar-refractivity contribution in [1.82, 2.24) is 14.3 Å². The molecule has 1 aromatic carbocycles. The normalized spacial score (nSPS) is 12.8. The molecule has 166 valence electrons. The van der Waals surface area contributed by atoms with Gasteiger partial charge in [0, 0.05) is 37.8 Å². The number of aromatic nitrogens is 2. The van der Waals surface area contributed by atoms with Crippen LogP contribution in [0.1, 0.15) is 61.4 Å². The van der Waals surface area contributed by atoms with Crippen LogP contribution in [-0.4, -0.2) is 33.3 Å². The number of pyridine rings is 1. The molecule has 1 amide bonds. The van der Waals surface area contributed by atoms with E-state index >= 15 is 0 Å². The second-order valence-electron chi connectivity index (χ2n) is 7.88. The second-order valence-corrected chi connectivity index (χ2v) is 7.88. The predicted molar refractivity (Wildman–Crippen MR) is 115 cm³/mol. The van der Waals surface area contributed by atoms with Crippen molar-refractivity contribution in [3.05, 3.63) is 71.2 Å². The van der Waals surface area contributed by atoms with Gasteiger partial charge in [0.15, 0.2) is 0 Å². The van der Waals surface area contributed by atoms with Gasteiger partial charge in [0.05, 0.1) is 11.3 Å². The number of carbonyl (C=O) groups excluding carboxylic acids is 1. The van der Waals surface area contributed by atoms with Crippen molar-refractivity contribution in [3.63, 3.8) is 0 Å². The highest BCUT2D eigenvalue weighted by Crippen LogP contribution is 2.35. The Hall–Kier alpha value is -2.83. The number of alkyl halides is 3. The van der Waals surface area contributed by atoms with Gasteiger partial charge in [-0.3, -0.25) is 4.79 Å². The van der Waals surface area contributed by atoms with Gasteiger partial charge in [0.1, 0.15) is 5.65 Å². The summed E-state index contributed by atoms with van der Waals surface area (Å²) in [6, 6.07) is 9.10. The van der Waals surface area contributed by atoms with Crippen molar-refractivity contribution in [2.75, 3.05) is 13.1 Å². The molecule has 2 heterocycles. The van der Waals surface area contributed by atoms with Crippen LogP contribution in [0, 0.1) is 6.92 Å². The summed E-state index contributed by atoms with van der Waals surface area (Å²) in [5, 5.41) is 0. The van der Waals surface area contributed by atoms with Gasteiger partial charge < -0.3 is 9.30 Å². The van der Waals surface area contributed by atoms with E-state index < -0.39 is 17.7 Å². The minimum atomic E-state index is -4.45. The lowest BCUT2D eigenvalue weighted by Crippen LogP contribution is -2.33. The molecular formula is C24H28F3N3O. The van der Waals surface area contributed by atoms with E-state index in [2.05, 4.69) is 4.98 Å². The number of hydrogen-bond acceptors (Lipinski definition) is 2. The van der Waals surface area contributed by atoms with Gasteiger partial charge in [-0.05, 0) is 49.1 Å². The molecule has 1 unspecified atom stereocenters. The molecule has 7 heteroatoms. The van der Waals surface area contributed by atoms with Crippen LogP contribution in [0.2, 0.25) is 0 Å². The molecule has 0 radical (unpaired) electrons. The van der Waals surface area contributed by atoms with Gasteiger partial charge in [-0.15, -0.1) is 0 Å². The smallest absolute Gasteiger partial charge is 0.343 e. The minimum Gasteiger partial charge on any atom is -0.343 e. The number of imidazole rings is 1. The summed E-state index contributed by atoms with van der Waals surface area (Å²) >= 11 is 0. The number of hydrogen-bond donors (Lipinski definition) is 0. The van der Waals surface area contributed by atoms with Gasteiger partial charge in [-0.25, -0.2) is 4.98 Å². The number of aryl methyl sites for hydroxylation is 1. The molecule has 0 aliphatic heterocycles. The van der Waals surface area contributed by atoms with E-state index in [4.69, 9.17) is 0 Å². The summed E-state index contributed by atoms with van der Waals surface area (Å²) in [4.78, 5) is 19.4. The van der Waals surface area contributed by atoms with Crippen LogP contribution < -0.4 is 0 Å². The zero-order valence-corrected chi connectivity index (χ0v) is 18.1. The zero-order chi connectivity index (χ0) is 22.6. The van der Waals surface area contributed by atoms with Crippen molar-refractivity contribution in [2.45, 2.75) is 52.1 Å². The molecule has 31 heavy (non-hydrogen) atoms. The summed E-state index contributed by atoms with van der Waals surface area (Å²) in [6.45, 7) is 7.23. The van der Waals surface area contributed by atoms with Gasteiger partial charge in [0.25, 0.3) is 0 Å². The molecule has 0 N–H and O–H groups in total. The Balaban J connectivity index is 2.07. The first-order chi connectivity index (χ1) is 14.7. The Bertz CT molecular complexity index is 1040. The van der Waals surface area contributed by atoms with Gasteiger partial charge in [-0.2, -0.15) is 13.2 Å². The highest BCUT2D eigenvalue weighted by atomic mass is 19.4. The lowest BCUT2D eigenvalue weighted by atomic mass is 9.90. The Morgan fingerprint density at radius 3 is 2.48 bits per heavy atom. The summed E-state index contributed by atoms with van der Waals surface area (Å²) in [6.07, 6.45) is 0.815. The highest BCUT2D eigenvalue weighted by Gasteiger charge is 2.32. The molecular weight excluding hydrogens is 403 g/mol. The van der Waals surface area contributed by atoms with Crippen molar-refractivity contribution in [2.24, 2.45) is 0 Å². The number of amides is 1. The minimum absolute atomic E-state index is 0.0619. The number of carbonyl (C=O) groups is 1. The Kier molecular flexibility index (Phi) is 7.03. The van der Waals surface area contributed by atoms with E-state index in [-0.39, 0.29) is 12.3 Å². The standard InChI is InChI=1S/C24H28F3N3O/c1-4-10-29(11-5-2)23(31)15-20(18-7-6-8-19(14-18)24(25,26)27)21-16-28-22-13-17(3)9-12-30(21)22/h6-9,12-14,16,20H,4-5,10-11,15H2,1-3H3. The van der Waals surface area contributed by atoms with Crippen LogP contribution >= 0.6 is 0 Å². The molecule has 0 bridgehead atoms. The average molecular weight is 432 g/mol. The summed E-state index contributed by atoms with van der Waals surface area (Å²) in [5.41, 5.74) is 2.19. The third-order valence-corrected chi connectivity index (χ3v) is 5.39. The van der Waals surface area contributed by atoms with E-state index in [1.54, 1.807) is 17.2 Å². The lowest BCUT2D eigenvalue weighted by molar-refractivity contribution is -0.137. The molecule has 4 nitrogen and oxygen atoms in total. The number of benzene rings is 1. The van der Waals surface area contributed by atoms with Crippen molar-refractivity contribution in [3.8, 4) is 0 Å². The van der Waals surface area contributed by atoms with Crippen molar-refractivity contribution in [1.29, 1.82) is 0 Å². The van der Waals surface area contributed by atoms with Crippen molar-refractivity contribution >= 4 is 11.6 Å². The average Bonchev–Trinajstić information content (AvgIpc) is 3.14. The maximum absolute atomic E-state index is 13.4. The van der Waals surface area contributed by atoms with Crippen LogP contribution in [0.15, 0.2) is 48.8 Å². The first-order valence-corrected chi connectivity index (χ1v) is 10.6. The molecule has 0 saturated heterocycles. The van der Waals surface area contributed by atoms with E-state index in [0.29, 0.717) is 30.0 Å². The second kappa shape index (κ2) is 9.54. The largest absolute Gasteiger partial charge is 0.416 e. The molecule has 0 saturated carbocycles. The molecule has 0 fully saturated rings. The monoisotopic (exact) mass is 431 g/mol. The van der Waals surface area contributed by atoms with Crippen molar-refractivity contribution < 1.29 is 18.0 Å². The first kappa shape index (κ1) is 22.8.